The first-order valence-electron chi connectivity index (χ1n) is 8.18. The molecular formula is C19H19FN2O3. The van der Waals surface area contributed by atoms with Gasteiger partial charge in [0.15, 0.2) is 0 Å². The molecule has 3 rings (SSSR count). The molecule has 1 unspecified atom stereocenters. The van der Waals surface area contributed by atoms with Gasteiger partial charge in [-0.3, -0.25) is 0 Å². The molecule has 130 valence electrons. The van der Waals surface area contributed by atoms with Crippen molar-refractivity contribution in [3.63, 3.8) is 0 Å². The average Bonchev–Trinajstić information content (AvgIpc) is 3.04. The molecule has 0 aromatic heterocycles. The lowest BCUT2D eigenvalue weighted by Gasteiger charge is -2.15. The van der Waals surface area contributed by atoms with Crippen molar-refractivity contribution >= 4 is 12.0 Å². The second-order valence-electron chi connectivity index (χ2n) is 5.76. The summed E-state index contributed by atoms with van der Waals surface area (Å²) in [5.41, 5.74) is 2.33. The largest absolute Gasteiger partial charge is 0.423 e. The van der Waals surface area contributed by atoms with E-state index in [4.69, 9.17) is 4.74 Å². The Kier molecular flexibility index (Phi) is 5.28. The first-order chi connectivity index (χ1) is 12.2. The van der Waals surface area contributed by atoms with Gasteiger partial charge in [-0.15, -0.1) is 0 Å². The fourth-order valence-electron chi connectivity index (χ4n) is 2.97. The Labute approximate surface area is 145 Å². The Balaban J connectivity index is 1.72. The van der Waals surface area contributed by atoms with Crippen LogP contribution >= 0.6 is 0 Å². The van der Waals surface area contributed by atoms with Crippen molar-refractivity contribution in [2.24, 2.45) is 0 Å². The van der Waals surface area contributed by atoms with E-state index in [1.54, 1.807) is 36.4 Å². The molecule has 0 spiro atoms. The molecule has 0 saturated heterocycles. The Morgan fingerprint density at radius 2 is 1.92 bits per heavy atom. The molecule has 0 bridgehead atoms. The smallest absolute Gasteiger partial charge is 0.343 e. The number of nitrogens with one attached hydrogen (secondary N) is 2. The maximum atomic E-state index is 12.3. The summed E-state index contributed by atoms with van der Waals surface area (Å²) in [6.07, 6.45) is 1.40. The van der Waals surface area contributed by atoms with E-state index in [2.05, 4.69) is 10.6 Å². The molecule has 0 fully saturated rings. The molecule has 0 heterocycles. The van der Waals surface area contributed by atoms with Gasteiger partial charge in [-0.1, -0.05) is 30.3 Å². The normalized spacial score (nSPS) is 15.3. The quantitative estimate of drug-likeness (QED) is 0.648. The van der Waals surface area contributed by atoms with Crippen LogP contribution in [0.25, 0.3) is 0 Å². The summed E-state index contributed by atoms with van der Waals surface area (Å²) in [6, 6.07) is 13.7. The van der Waals surface area contributed by atoms with Crippen LogP contribution in [0.15, 0.2) is 48.5 Å². The molecule has 5 nitrogen and oxygen atoms in total. The molecule has 2 aromatic rings. The summed E-state index contributed by atoms with van der Waals surface area (Å²) in [5, 5.41) is 5.27. The average molecular weight is 342 g/mol. The van der Waals surface area contributed by atoms with Gasteiger partial charge in [0.25, 0.3) is 0 Å². The Morgan fingerprint density at radius 3 is 2.68 bits per heavy atom. The second kappa shape index (κ2) is 7.79. The van der Waals surface area contributed by atoms with E-state index in [-0.39, 0.29) is 12.6 Å². The number of amides is 2. The summed E-state index contributed by atoms with van der Waals surface area (Å²) >= 11 is 0. The third kappa shape index (κ3) is 3.96. The predicted molar refractivity (Wildman–Crippen MR) is 91.4 cm³/mol. The van der Waals surface area contributed by atoms with Crippen LogP contribution in [-0.4, -0.2) is 25.2 Å². The minimum Gasteiger partial charge on any atom is -0.423 e. The summed E-state index contributed by atoms with van der Waals surface area (Å²) < 4.78 is 17.7. The van der Waals surface area contributed by atoms with E-state index in [1.165, 1.54) is 0 Å². The highest BCUT2D eigenvalue weighted by molar-refractivity contribution is 5.91. The number of esters is 1. The van der Waals surface area contributed by atoms with E-state index >= 15 is 0 Å². The van der Waals surface area contributed by atoms with Gasteiger partial charge in [0.2, 0.25) is 0 Å². The van der Waals surface area contributed by atoms with Crippen molar-refractivity contribution in [3.8, 4) is 5.75 Å². The number of fused-ring (bicyclic) bond motifs is 1. The highest BCUT2D eigenvalue weighted by Gasteiger charge is 2.27. The number of carbonyl (C=O) groups is 2. The molecule has 6 heteroatoms. The minimum absolute atomic E-state index is 0.0138. The van der Waals surface area contributed by atoms with Gasteiger partial charge in [0.1, 0.15) is 12.4 Å². The standard InChI is InChI=1S/C19H19FN2O3/c20-11-12-21-19(24)22-16-10-9-15-14(16)7-4-8-17(15)25-18(23)13-5-2-1-3-6-13/h1-8,16H,9-12H2,(H2,21,22,24). The Hall–Kier alpha value is -2.89. The number of carbonyl (C=O) groups excluding carboxylic acids is 2. The Morgan fingerprint density at radius 1 is 1.12 bits per heavy atom. The number of urea groups is 1. The topological polar surface area (TPSA) is 67.4 Å². The van der Waals surface area contributed by atoms with Crippen LogP contribution in [0, 0.1) is 0 Å². The van der Waals surface area contributed by atoms with Crippen molar-refractivity contribution in [1.29, 1.82) is 0 Å². The van der Waals surface area contributed by atoms with Crippen molar-refractivity contribution in [3.05, 3.63) is 65.2 Å². The van der Waals surface area contributed by atoms with Gasteiger partial charge in [0.05, 0.1) is 11.6 Å². The molecule has 25 heavy (non-hydrogen) atoms. The van der Waals surface area contributed by atoms with Gasteiger partial charge >= 0.3 is 12.0 Å². The van der Waals surface area contributed by atoms with E-state index in [9.17, 15) is 14.0 Å². The number of benzene rings is 2. The van der Waals surface area contributed by atoms with Gasteiger partial charge in [-0.2, -0.15) is 0 Å². The zero-order valence-electron chi connectivity index (χ0n) is 13.6. The highest BCUT2D eigenvalue weighted by atomic mass is 19.1. The van der Waals surface area contributed by atoms with Crippen LogP contribution in [-0.2, 0) is 6.42 Å². The number of halogens is 1. The fraction of sp³-hybridized carbons (Fsp3) is 0.263. The number of ether oxygens (including phenoxy) is 1. The maximum Gasteiger partial charge on any atom is 0.343 e. The number of rotatable bonds is 5. The summed E-state index contributed by atoms with van der Waals surface area (Å²) in [5.74, 6) is 0.103. The van der Waals surface area contributed by atoms with Crippen LogP contribution in [0.3, 0.4) is 0 Å². The van der Waals surface area contributed by atoms with Crippen LogP contribution < -0.4 is 15.4 Å². The monoisotopic (exact) mass is 342 g/mol. The predicted octanol–water partition coefficient (Wildman–Crippen LogP) is 3.16. The zero-order valence-corrected chi connectivity index (χ0v) is 13.6. The Bertz CT molecular complexity index is 765. The first kappa shape index (κ1) is 17.0. The van der Waals surface area contributed by atoms with Crippen LogP contribution in [0.2, 0.25) is 0 Å². The van der Waals surface area contributed by atoms with Gasteiger partial charge in [-0.05, 0) is 36.6 Å². The molecule has 1 aliphatic rings. The highest BCUT2D eigenvalue weighted by Crippen LogP contribution is 2.37. The molecule has 1 atom stereocenters. The van der Waals surface area contributed by atoms with Crippen LogP contribution in [0.1, 0.15) is 33.9 Å². The molecule has 2 aromatic carbocycles. The van der Waals surface area contributed by atoms with E-state index < -0.39 is 18.7 Å². The summed E-state index contributed by atoms with van der Waals surface area (Å²) in [7, 11) is 0. The van der Waals surface area contributed by atoms with Gasteiger partial charge < -0.3 is 15.4 Å². The molecule has 2 N–H and O–H groups in total. The first-order valence-corrected chi connectivity index (χ1v) is 8.18. The molecule has 0 saturated carbocycles. The van der Waals surface area contributed by atoms with Crippen molar-refractivity contribution in [1.82, 2.24) is 10.6 Å². The lowest BCUT2D eigenvalue weighted by molar-refractivity contribution is 0.0733. The third-order valence-corrected chi connectivity index (χ3v) is 4.13. The SMILES string of the molecule is O=C(NCCF)NC1CCc2c(OC(=O)c3ccccc3)cccc21. The maximum absolute atomic E-state index is 12.3. The van der Waals surface area contributed by atoms with E-state index in [0.717, 1.165) is 11.1 Å². The summed E-state index contributed by atoms with van der Waals surface area (Å²) in [6.45, 7) is -0.617. The second-order valence-corrected chi connectivity index (χ2v) is 5.76. The van der Waals surface area contributed by atoms with Gasteiger partial charge in [0, 0.05) is 12.1 Å². The number of hydrogen-bond acceptors (Lipinski definition) is 3. The lowest BCUT2D eigenvalue weighted by atomic mass is 10.1. The van der Waals surface area contributed by atoms with Crippen molar-refractivity contribution in [2.75, 3.05) is 13.2 Å². The summed E-state index contributed by atoms with van der Waals surface area (Å²) in [4.78, 5) is 24.0. The lowest BCUT2D eigenvalue weighted by Crippen LogP contribution is -2.38. The van der Waals surface area contributed by atoms with Crippen LogP contribution in [0.4, 0.5) is 9.18 Å². The van der Waals surface area contributed by atoms with Crippen molar-refractivity contribution in [2.45, 2.75) is 18.9 Å². The van der Waals surface area contributed by atoms with E-state index in [1.807, 2.05) is 12.1 Å². The molecule has 2 amide bonds. The number of hydrogen-bond donors (Lipinski definition) is 2. The molecular weight excluding hydrogens is 323 g/mol. The fourth-order valence-corrected chi connectivity index (χ4v) is 2.97. The third-order valence-electron chi connectivity index (χ3n) is 4.13. The zero-order chi connectivity index (χ0) is 17.6. The molecule has 0 aliphatic heterocycles. The number of alkyl halides is 1. The van der Waals surface area contributed by atoms with Gasteiger partial charge in [-0.25, -0.2) is 14.0 Å². The molecule has 0 radical (unpaired) electrons. The van der Waals surface area contributed by atoms with Crippen LogP contribution in [0.5, 0.6) is 5.75 Å². The van der Waals surface area contributed by atoms with E-state index in [0.29, 0.717) is 24.2 Å². The van der Waals surface area contributed by atoms with Crippen molar-refractivity contribution < 1.29 is 18.7 Å². The minimum atomic E-state index is -0.603. The molecule has 1 aliphatic carbocycles.